The van der Waals surface area contributed by atoms with Crippen molar-refractivity contribution in [3.63, 3.8) is 0 Å². The van der Waals surface area contributed by atoms with E-state index < -0.39 is 11.7 Å². The van der Waals surface area contributed by atoms with Crippen LogP contribution in [0.25, 0.3) is 0 Å². The Hall–Kier alpha value is -0.160. The van der Waals surface area contributed by atoms with Crippen molar-refractivity contribution in [3.05, 3.63) is 27.7 Å². The largest absolute Gasteiger partial charge is 0.417 e. The topological polar surface area (TPSA) is 0 Å². The first-order valence-electron chi connectivity index (χ1n) is 4.51. The molecule has 0 aliphatic carbocycles. The molecule has 82 valence electrons. The van der Waals surface area contributed by atoms with Gasteiger partial charge in [0.15, 0.2) is 0 Å². The Bertz CT molecular complexity index is 387. The van der Waals surface area contributed by atoms with E-state index in [1.807, 2.05) is 0 Å². The van der Waals surface area contributed by atoms with Crippen molar-refractivity contribution in [1.82, 2.24) is 0 Å². The molecule has 0 nitrogen and oxygen atoms in total. The average Bonchev–Trinajstić information content (AvgIpc) is 2.17. The Morgan fingerprint density at radius 3 is 2.67 bits per heavy atom. The second kappa shape index (κ2) is 4.01. The molecule has 5 heteroatoms. The molecule has 0 saturated heterocycles. The van der Waals surface area contributed by atoms with Crippen molar-refractivity contribution in [1.29, 1.82) is 0 Å². The van der Waals surface area contributed by atoms with Gasteiger partial charge in [0.25, 0.3) is 0 Å². The summed E-state index contributed by atoms with van der Waals surface area (Å²) in [6.45, 7) is 0. The van der Waals surface area contributed by atoms with Crippen molar-refractivity contribution in [2.45, 2.75) is 23.9 Å². The second-order valence-corrected chi connectivity index (χ2v) is 5.31. The summed E-state index contributed by atoms with van der Waals surface area (Å²) >= 11 is 4.61. The van der Waals surface area contributed by atoms with Gasteiger partial charge >= 0.3 is 6.18 Å². The third-order valence-corrected chi connectivity index (χ3v) is 4.32. The third kappa shape index (κ3) is 2.18. The van der Waals surface area contributed by atoms with Crippen LogP contribution in [-0.2, 0) is 12.6 Å². The maximum Gasteiger partial charge on any atom is 0.417 e. The van der Waals surface area contributed by atoms with Crippen molar-refractivity contribution >= 4 is 27.7 Å². The zero-order valence-electron chi connectivity index (χ0n) is 7.70. The molecule has 0 spiro atoms. The van der Waals surface area contributed by atoms with E-state index in [4.69, 9.17) is 0 Å². The lowest BCUT2D eigenvalue weighted by Gasteiger charge is -2.21. The molecule has 0 bridgehead atoms. The number of hydrogen-bond donors (Lipinski definition) is 0. The standard InChI is InChI=1S/C10H8BrF3S/c11-8-4-3-7(10(12,13)14)9-6(8)2-1-5-15-9/h3-4H,1-2,5H2. The van der Waals surface area contributed by atoms with Gasteiger partial charge in [0.05, 0.1) is 5.56 Å². The highest BCUT2D eigenvalue weighted by Crippen LogP contribution is 2.43. The van der Waals surface area contributed by atoms with Gasteiger partial charge in [-0.05, 0) is 36.3 Å². The predicted octanol–water partition coefficient (Wildman–Crippen LogP) is 4.51. The number of rotatable bonds is 0. The summed E-state index contributed by atoms with van der Waals surface area (Å²) in [5, 5.41) is 0. The molecule has 1 aromatic carbocycles. The van der Waals surface area contributed by atoms with Gasteiger partial charge in [0.1, 0.15) is 0 Å². The van der Waals surface area contributed by atoms with Crippen molar-refractivity contribution in [2.24, 2.45) is 0 Å². The van der Waals surface area contributed by atoms with Gasteiger partial charge in [0.2, 0.25) is 0 Å². The molecule has 0 atom stereocenters. The fourth-order valence-electron chi connectivity index (χ4n) is 1.65. The number of halogens is 4. The molecule has 0 radical (unpaired) electrons. The van der Waals surface area contributed by atoms with Crippen molar-refractivity contribution in [3.8, 4) is 0 Å². The molecule has 1 aromatic rings. The van der Waals surface area contributed by atoms with Crippen LogP contribution in [0.5, 0.6) is 0 Å². The second-order valence-electron chi connectivity index (χ2n) is 3.35. The Morgan fingerprint density at radius 1 is 1.27 bits per heavy atom. The third-order valence-electron chi connectivity index (χ3n) is 2.33. The van der Waals surface area contributed by atoms with Crippen LogP contribution in [0.15, 0.2) is 21.5 Å². The molecule has 1 heterocycles. The molecule has 15 heavy (non-hydrogen) atoms. The van der Waals surface area contributed by atoms with Crippen LogP contribution in [0.2, 0.25) is 0 Å². The fraction of sp³-hybridized carbons (Fsp3) is 0.400. The van der Waals surface area contributed by atoms with Crippen LogP contribution >= 0.6 is 27.7 Å². The SMILES string of the molecule is FC(F)(F)c1ccc(Br)c2c1SCCC2. The molecule has 1 aliphatic rings. The van der Waals surface area contributed by atoms with E-state index in [-0.39, 0.29) is 0 Å². The average molecular weight is 297 g/mol. The number of hydrogen-bond acceptors (Lipinski definition) is 1. The van der Waals surface area contributed by atoms with E-state index in [2.05, 4.69) is 15.9 Å². The minimum Gasteiger partial charge on any atom is -0.166 e. The van der Waals surface area contributed by atoms with E-state index in [1.165, 1.54) is 17.8 Å². The summed E-state index contributed by atoms with van der Waals surface area (Å²) in [6, 6.07) is 2.65. The molecular formula is C10H8BrF3S. The molecule has 0 amide bonds. The van der Waals surface area contributed by atoms with Gasteiger partial charge in [-0.15, -0.1) is 11.8 Å². The first kappa shape index (κ1) is 11.3. The monoisotopic (exact) mass is 296 g/mol. The Balaban J connectivity index is 2.58. The van der Waals surface area contributed by atoms with Crippen LogP contribution in [-0.4, -0.2) is 5.75 Å². The summed E-state index contributed by atoms with van der Waals surface area (Å²) in [6.07, 6.45) is -2.57. The summed E-state index contributed by atoms with van der Waals surface area (Å²) in [7, 11) is 0. The van der Waals surface area contributed by atoms with E-state index in [1.54, 1.807) is 0 Å². The van der Waals surface area contributed by atoms with E-state index in [9.17, 15) is 13.2 Å². The number of benzene rings is 1. The summed E-state index contributed by atoms with van der Waals surface area (Å²) in [5.74, 6) is 0.770. The predicted molar refractivity (Wildman–Crippen MR) is 58.2 cm³/mol. The van der Waals surface area contributed by atoms with Gasteiger partial charge in [-0.3, -0.25) is 0 Å². The van der Waals surface area contributed by atoms with E-state index >= 15 is 0 Å². The minimum atomic E-state index is -4.24. The maximum absolute atomic E-state index is 12.7. The van der Waals surface area contributed by atoms with Gasteiger partial charge in [0, 0.05) is 9.37 Å². The highest BCUT2D eigenvalue weighted by molar-refractivity contribution is 9.10. The fourth-order valence-corrected chi connectivity index (χ4v) is 3.53. The first-order valence-corrected chi connectivity index (χ1v) is 6.29. The van der Waals surface area contributed by atoms with Crippen molar-refractivity contribution in [2.75, 3.05) is 5.75 Å². The molecule has 1 aliphatic heterocycles. The number of alkyl halides is 3. The van der Waals surface area contributed by atoms with Gasteiger partial charge in [-0.2, -0.15) is 13.2 Å². The molecule has 0 saturated carbocycles. The highest BCUT2D eigenvalue weighted by atomic mass is 79.9. The first-order chi connectivity index (χ1) is 7.00. The number of fused-ring (bicyclic) bond motifs is 1. The summed E-state index contributed by atoms with van der Waals surface area (Å²) < 4.78 is 38.8. The molecular weight excluding hydrogens is 289 g/mol. The molecule has 0 fully saturated rings. The number of thioether (sulfide) groups is 1. The minimum absolute atomic E-state index is 0.406. The van der Waals surface area contributed by atoms with Crippen molar-refractivity contribution < 1.29 is 13.2 Å². The molecule has 0 N–H and O–H groups in total. The van der Waals surface area contributed by atoms with Gasteiger partial charge < -0.3 is 0 Å². The van der Waals surface area contributed by atoms with E-state index in [0.29, 0.717) is 4.90 Å². The van der Waals surface area contributed by atoms with Crippen LogP contribution in [0, 0.1) is 0 Å². The summed E-state index contributed by atoms with van der Waals surface area (Å²) in [4.78, 5) is 0.406. The lowest BCUT2D eigenvalue weighted by molar-refractivity contribution is -0.139. The zero-order valence-corrected chi connectivity index (χ0v) is 10.1. The Kier molecular flexibility index (Phi) is 3.03. The molecule has 0 unspecified atom stereocenters. The van der Waals surface area contributed by atoms with Crippen LogP contribution in [0.1, 0.15) is 17.5 Å². The summed E-state index contributed by atoms with van der Waals surface area (Å²) in [5.41, 5.74) is 0.312. The molecule has 2 rings (SSSR count). The van der Waals surface area contributed by atoms with Gasteiger partial charge in [-0.25, -0.2) is 0 Å². The Morgan fingerprint density at radius 2 is 2.00 bits per heavy atom. The highest BCUT2D eigenvalue weighted by Gasteiger charge is 2.35. The lowest BCUT2D eigenvalue weighted by Crippen LogP contribution is -2.11. The smallest absolute Gasteiger partial charge is 0.166 e. The Labute approximate surface area is 98.4 Å². The van der Waals surface area contributed by atoms with Crippen LogP contribution < -0.4 is 0 Å². The zero-order chi connectivity index (χ0) is 11.1. The van der Waals surface area contributed by atoms with Gasteiger partial charge in [-0.1, -0.05) is 15.9 Å². The van der Waals surface area contributed by atoms with Crippen LogP contribution in [0.4, 0.5) is 13.2 Å². The maximum atomic E-state index is 12.7. The normalized spacial score (nSPS) is 16.3. The van der Waals surface area contributed by atoms with Crippen LogP contribution in [0.3, 0.4) is 0 Å². The lowest BCUT2D eigenvalue weighted by atomic mass is 10.1. The molecule has 0 aromatic heterocycles. The van der Waals surface area contributed by atoms with E-state index in [0.717, 1.165) is 34.7 Å². The quantitative estimate of drug-likeness (QED) is 0.679.